The molecule has 0 spiro atoms. The van der Waals surface area contributed by atoms with Gasteiger partial charge in [0, 0.05) is 28.8 Å². The van der Waals surface area contributed by atoms with Crippen molar-refractivity contribution in [3.8, 4) is 11.3 Å². The van der Waals surface area contributed by atoms with Gasteiger partial charge in [-0.05, 0) is 73.2 Å². The number of nitrogens with zero attached hydrogens (tertiary/aromatic N) is 2. The summed E-state index contributed by atoms with van der Waals surface area (Å²) < 4.78 is 52.7. The van der Waals surface area contributed by atoms with Crippen LogP contribution in [0, 0.1) is 12.7 Å². The lowest BCUT2D eigenvalue weighted by atomic mass is 10.1. The summed E-state index contributed by atoms with van der Waals surface area (Å²) in [5.41, 5.74) is 1.60. The van der Waals surface area contributed by atoms with Crippen LogP contribution in [-0.2, 0) is 6.18 Å². The van der Waals surface area contributed by atoms with E-state index in [0.29, 0.717) is 22.6 Å². The molecule has 0 fully saturated rings. The first-order valence-corrected chi connectivity index (χ1v) is 10.9. The van der Waals surface area contributed by atoms with Crippen LogP contribution in [0.25, 0.3) is 11.3 Å². The number of aryl methyl sites for hydroxylation is 1. The van der Waals surface area contributed by atoms with Gasteiger partial charge in [0.1, 0.15) is 5.82 Å². The molecule has 6 nitrogen and oxygen atoms in total. The Balaban J connectivity index is 1.45. The lowest BCUT2D eigenvalue weighted by Crippen LogP contribution is -2.20. The Labute approximate surface area is 208 Å². The minimum Gasteiger partial charge on any atom is -0.324 e. The minimum atomic E-state index is -4.65. The normalized spacial score (nSPS) is 11.2. The first kappa shape index (κ1) is 24.9. The fourth-order valence-electron chi connectivity index (χ4n) is 3.30. The second kappa shape index (κ2) is 10.2. The number of alkyl halides is 3. The number of carbonyl (C=O) groups is 1. The van der Waals surface area contributed by atoms with Crippen molar-refractivity contribution in [1.82, 2.24) is 9.97 Å². The van der Waals surface area contributed by atoms with E-state index >= 15 is 0 Å². The van der Waals surface area contributed by atoms with Gasteiger partial charge in [0.05, 0.1) is 16.3 Å². The van der Waals surface area contributed by atoms with Gasteiger partial charge >= 0.3 is 12.2 Å². The number of aromatic nitrogens is 2. The number of rotatable bonds is 5. The Bertz CT molecular complexity index is 1430. The van der Waals surface area contributed by atoms with Gasteiger partial charge in [-0.15, -0.1) is 0 Å². The number of urea groups is 1. The first-order chi connectivity index (χ1) is 17.1. The molecule has 1 aromatic heterocycles. The number of benzene rings is 3. The fraction of sp³-hybridized carbons (Fsp3) is 0.0800. The van der Waals surface area contributed by atoms with Crippen molar-refractivity contribution in [2.45, 2.75) is 13.1 Å². The van der Waals surface area contributed by atoms with E-state index in [2.05, 4.69) is 25.9 Å². The molecule has 184 valence electrons. The van der Waals surface area contributed by atoms with Gasteiger partial charge in [0.25, 0.3) is 0 Å². The summed E-state index contributed by atoms with van der Waals surface area (Å²) in [6.07, 6.45) is -3.10. The number of carbonyl (C=O) groups excluding carboxylic acids is 1. The minimum absolute atomic E-state index is 0.0697. The standard InChI is InChI=1S/C25H18ClF4N5O/c1-14-11-15(5-8-21(14)27)22-9-10-31-23(35-22)32-16-3-2-4-17(12-16)33-24(36)34-18-6-7-20(26)19(13-18)25(28,29)30/h2-13H,1H3,(H,31,32,35)(H2,33,34,36). The largest absolute Gasteiger partial charge is 0.417 e. The number of hydrogen-bond donors (Lipinski definition) is 3. The van der Waals surface area contributed by atoms with Crippen LogP contribution in [0.4, 0.5) is 45.4 Å². The summed E-state index contributed by atoms with van der Waals surface area (Å²) in [7, 11) is 0. The highest BCUT2D eigenvalue weighted by atomic mass is 35.5. The highest BCUT2D eigenvalue weighted by Gasteiger charge is 2.33. The second-order valence-corrected chi connectivity index (χ2v) is 8.11. The van der Waals surface area contributed by atoms with Gasteiger partial charge in [-0.2, -0.15) is 13.2 Å². The van der Waals surface area contributed by atoms with Gasteiger partial charge in [-0.1, -0.05) is 17.7 Å². The molecule has 3 aromatic carbocycles. The molecule has 0 aliphatic carbocycles. The maximum atomic E-state index is 13.6. The van der Waals surface area contributed by atoms with E-state index in [1.807, 2.05) is 0 Å². The maximum Gasteiger partial charge on any atom is 0.417 e. The summed E-state index contributed by atoms with van der Waals surface area (Å²) in [5, 5.41) is 7.47. The smallest absolute Gasteiger partial charge is 0.324 e. The molecule has 36 heavy (non-hydrogen) atoms. The molecule has 0 saturated heterocycles. The Morgan fingerprint density at radius 1 is 0.917 bits per heavy atom. The van der Waals surface area contributed by atoms with E-state index in [0.717, 1.165) is 17.7 Å². The third-order valence-electron chi connectivity index (χ3n) is 5.02. The average Bonchev–Trinajstić information content (AvgIpc) is 2.82. The molecule has 0 unspecified atom stereocenters. The van der Waals surface area contributed by atoms with Crippen molar-refractivity contribution in [1.29, 1.82) is 0 Å². The van der Waals surface area contributed by atoms with E-state index in [1.54, 1.807) is 55.6 Å². The summed E-state index contributed by atoms with van der Waals surface area (Å²) in [6.45, 7) is 1.66. The van der Waals surface area contributed by atoms with Gasteiger partial charge in [-0.25, -0.2) is 19.2 Å². The van der Waals surface area contributed by atoms with Crippen molar-refractivity contribution in [3.63, 3.8) is 0 Å². The Morgan fingerprint density at radius 2 is 1.64 bits per heavy atom. The van der Waals surface area contributed by atoms with Crippen LogP contribution < -0.4 is 16.0 Å². The summed E-state index contributed by atoms with van der Waals surface area (Å²) in [6, 6.07) is 15.3. The quantitative estimate of drug-likeness (QED) is 0.238. The molecule has 2 amide bonds. The number of anilines is 4. The number of hydrogen-bond acceptors (Lipinski definition) is 4. The Hall–Kier alpha value is -4.18. The molecule has 4 rings (SSSR count). The third-order valence-corrected chi connectivity index (χ3v) is 5.35. The van der Waals surface area contributed by atoms with Crippen LogP contribution in [0.1, 0.15) is 11.1 Å². The third kappa shape index (κ3) is 6.08. The molecule has 1 heterocycles. The number of nitrogens with one attached hydrogen (secondary N) is 3. The van der Waals surface area contributed by atoms with Gasteiger partial charge < -0.3 is 16.0 Å². The predicted octanol–water partition coefficient (Wildman–Crippen LogP) is 7.65. The lowest BCUT2D eigenvalue weighted by molar-refractivity contribution is -0.137. The van der Waals surface area contributed by atoms with Crippen LogP contribution in [0.2, 0.25) is 5.02 Å². The first-order valence-electron chi connectivity index (χ1n) is 10.5. The van der Waals surface area contributed by atoms with Crippen LogP contribution in [0.5, 0.6) is 0 Å². The molecule has 0 radical (unpaired) electrons. The topological polar surface area (TPSA) is 78.9 Å². The molecule has 4 aromatic rings. The number of amides is 2. The zero-order valence-corrected chi connectivity index (χ0v) is 19.4. The Morgan fingerprint density at radius 3 is 2.36 bits per heavy atom. The van der Waals surface area contributed by atoms with E-state index < -0.39 is 22.8 Å². The van der Waals surface area contributed by atoms with Crippen LogP contribution in [0.3, 0.4) is 0 Å². The van der Waals surface area contributed by atoms with E-state index in [4.69, 9.17) is 11.6 Å². The summed E-state index contributed by atoms with van der Waals surface area (Å²) in [4.78, 5) is 21.0. The van der Waals surface area contributed by atoms with Gasteiger partial charge in [0.2, 0.25) is 5.95 Å². The van der Waals surface area contributed by atoms with E-state index in [1.165, 1.54) is 12.1 Å². The molecule has 0 atom stereocenters. The molecule has 0 saturated carbocycles. The molecule has 0 aliphatic heterocycles. The van der Waals surface area contributed by atoms with E-state index in [9.17, 15) is 22.4 Å². The van der Waals surface area contributed by atoms with E-state index in [-0.39, 0.29) is 17.5 Å². The Kier molecular flexibility index (Phi) is 7.07. The predicted molar refractivity (Wildman–Crippen MR) is 131 cm³/mol. The van der Waals surface area contributed by atoms with Gasteiger partial charge in [0.15, 0.2) is 0 Å². The molecule has 0 bridgehead atoms. The summed E-state index contributed by atoms with van der Waals surface area (Å²) >= 11 is 5.61. The lowest BCUT2D eigenvalue weighted by Gasteiger charge is -2.13. The van der Waals surface area contributed by atoms with Crippen molar-refractivity contribution >= 4 is 40.6 Å². The van der Waals surface area contributed by atoms with Crippen LogP contribution in [0.15, 0.2) is 72.9 Å². The average molecular weight is 516 g/mol. The van der Waals surface area contributed by atoms with Crippen molar-refractivity contribution in [2.24, 2.45) is 0 Å². The van der Waals surface area contributed by atoms with Crippen molar-refractivity contribution in [2.75, 3.05) is 16.0 Å². The van der Waals surface area contributed by atoms with Crippen LogP contribution >= 0.6 is 11.6 Å². The maximum absolute atomic E-state index is 13.6. The zero-order chi connectivity index (χ0) is 25.9. The molecule has 0 aliphatic rings. The fourth-order valence-corrected chi connectivity index (χ4v) is 3.53. The van der Waals surface area contributed by atoms with Crippen molar-refractivity contribution < 1.29 is 22.4 Å². The molecular weight excluding hydrogens is 498 g/mol. The second-order valence-electron chi connectivity index (χ2n) is 7.71. The molecule has 3 N–H and O–H groups in total. The summed E-state index contributed by atoms with van der Waals surface area (Å²) in [5.74, 6) is -0.0340. The monoisotopic (exact) mass is 515 g/mol. The number of halogens is 5. The zero-order valence-electron chi connectivity index (χ0n) is 18.6. The highest BCUT2D eigenvalue weighted by Crippen LogP contribution is 2.36. The van der Waals surface area contributed by atoms with Crippen molar-refractivity contribution in [3.05, 3.63) is 94.9 Å². The van der Waals surface area contributed by atoms with Crippen LogP contribution in [-0.4, -0.2) is 16.0 Å². The highest BCUT2D eigenvalue weighted by molar-refractivity contribution is 6.31. The molecule has 11 heteroatoms. The SMILES string of the molecule is Cc1cc(-c2ccnc(Nc3cccc(NC(=O)Nc4ccc(Cl)c(C(F)(F)F)c4)c3)n2)ccc1F. The molecular formula is C25H18ClF4N5O. The van der Waals surface area contributed by atoms with Gasteiger partial charge in [-0.3, -0.25) is 0 Å².